The fourth-order valence-electron chi connectivity index (χ4n) is 1.96. The van der Waals surface area contributed by atoms with Crippen molar-refractivity contribution in [3.05, 3.63) is 27.7 Å². The van der Waals surface area contributed by atoms with Gasteiger partial charge in [0.15, 0.2) is 0 Å². The number of aromatic hydroxyl groups is 1. The van der Waals surface area contributed by atoms with Gasteiger partial charge in [-0.25, -0.2) is 0 Å². The van der Waals surface area contributed by atoms with E-state index in [-0.39, 0.29) is 0 Å². The van der Waals surface area contributed by atoms with E-state index < -0.39 is 0 Å². The van der Waals surface area contributed by atoms with Crippen LogP contribution in [0.3, 0.4) is 0 Å². The average molecular weight is 269 g/mol. The fraction of sp³-hybridized carbons (Fsp3) is 0.538. The predicted octanol–water partition coefficient (Wildman–Crippen LogP) is 4.33. The normalized spacial score (nSPS) is 18.2. The van der Waals surface area contributed by atoms with Gasteiger partial charge in [0.1, 0.15) is 5.75 Å². The summed E-state index contributed by atoms with van der Waals surface area (Å²) in [5, 5.41) is 9.84. The van der Waals surface area contributed by atoms with Crippen LogP contribution in [0.15, 0.2) is 16.6 Å². The number of hydrogen-bond acceptors (Lipinski definition) is 1. The molecule has 15 heavy (non-hydrogen) atoms. The van der Waals surface area contributed by atoms with E-state index in [4.69, 9.17) is 0 Å². The van der Waals surface area contributed by atoms with Gasteiger partial charge in [0.05, 0.1) is 0 Å². The van der Waals surface area contributed by atoms with Crippen LogP contribution in [0.1, 0.15) is 50.7 Å². The van der Waals surface area contributed by atoms with Gasteiger partial charge in [-0.15, -0.1) is 0 Å². The maximum absolute atomic E-state index is 9.84. The van der Waals surface area contributed by atoms with Crippen molar-refractivity contribution in [3.8, 4) is 5.75 Å². The van der Waals surface area contributed by atoms with Crippen LogP contribution in [0.25, 0.3) is 0 Å². The van der Waals surface area contributed by atoms with Gasteiger partial charge in [-0.3, -0.25) is 0 Å². The Kier molecular flexibility index (Phi) is 2.58. The summed E-state index contributed by atoms with van der Waals surface area (Å²) in [6.45, 7) is 6.51. The molecule has 0 radical (unpaired) electrons. The number of hydrogen-bond donors (Lipinski definition) is 1. The Balaban J connectivity index is 2.51. The Morgan fingerprint density at radius 3 is 2.40 bits per heavy atom. The third-order valence-electron chi connectivity index (χ3n) is 3.39. The molecular formula is C13H17BrO. The summed E-state index contributed by atoms with van der Waals surface area (Å²) in [5.41, 5.74) is 2.75. The zero-order valence-corrected chi connectivity index (χ0v) is 11.1. The molecule has 82 valence electrons. The Bertz CT molecular complexity index is 392. The van der Waals surface area contributed by atoms with Gasteiger partial charge >= 0.3 is 0 Å². The minimum atomic E-state index is 0.343. The Morgan fingerprint density at radius 1 is 1.33 bits per heavy atom. The van der Waals surface area contributed by atoms with E-state index >= 15 is 0 Å². The largest absolute Gasteiger partial charge is 0.508 e. The van der Waals surface area contributed by atoms with Crippen LogP contribution in [0.2, 0.25) is 0 Å². The van der Waals surface area contributed by atoms with Crippen LogP contribution in [0.5, 0.6) is 5.75 Å². The first-order chi connectivity index (χ1) is 6.94. The van der Waals surface area contributed by atoms with Crippen molar-refractivity contribution in [1.29, 1.82) is 0 Å². The van der Waals surface area contributed by atoms with Gasteiger partial charge in [0, 0.05) is 4.47 Å². The molecule has 1 nitrogen and oxygen atoms in total. The molecule has 0 aliphatic heterocycles. The molecule has 1 aromatic rings. The molecule has 1 aliphatic rings. The standard InChI is InChI=1S/C13H17BrO/c1-8(2)9-6-10(13(3)4-5-13)11(14)7-12(9)15/h6-8,15H,4-5H2,1-3H3. The lowest BCUT2D eigenvalue weighted by molar-refractivity contribution is 0.463. The highest BCUT2D eigenvalue weighted by molar-refractivity contribution is 9.10. The Labute approximate surface area is 99.6 Å². The topological polar surface area (TPSA) is 20.2 Å². The van der Waals surface area contributed by atoms with E-state index in [1.54, 1.807) is 0 Å². The number of rotatable bonds is 2. The summed E-state index contributed by atoms with van der Waals surface area (Å²) >= 11 is 3.55. The van der Waals surface area contributed by atoms with Crippen molar-refractivity contribution < 1.29 is 5.11 Å². The quantitative estimate of drug-likeness (QED) is 0.847. The van der Waals surface area contributed by atoms with Crippen LogP contribution in [0, 0.1) is 0 Å². The van der Waals surface area contributed by atoms with Gasteiger partial charge in [-0.1, -0.05) is 42.8 Å². The van der Waals surface area contributed by atoms with Gasteiger partial charge in [-0.2, -0.15) is 0 Å². The van der Waals surface area contributed by atoms with Crippen molar-refractivity contribution in [1.82, 2.24) is 0 Å². The second-order valence-corrected chi connectivity index (χ2v) is 5.96. The molecule has 1 N–H and O–H groups in total. The molecule has 0 aromatic heterocycles. The first kappa shape index (κ1) is 11.0. The maximum Gasteiger partial charge on any atom is 0.120 e. The zero-order chi connectivity index (χ0) is 11.2. The molecular weight excluding hydrogens is 252 g/mol. The first-order valence-electron chi connectivity index (χ1n) is 5.47. The predicted molar refractivity (Wildman–Crippen MR) is 66.5 cm³/mol. The van der Waals surface area contributed by atoms with Crippen molar-refractivity contribution >= 4 is 15.9 Å². The van der Waals surface area contributed by atoms with Gasteiger partial charge in [0.25, 0.3) is 0 Å². The summed E-state index contributed by atoms with van der Waals surface area (Å²) in [4.78, 5) is 0. The molecule has 0 spiro atoms. The second kappa shape index (κ2) is 3.51. The minimum absolute atomic E-state index is 0.343. The average Bonchev–Trinajstić information content (AvgIpc) is 2.83. The molecule has 2 heteroatoms. The van der Waals surface area contributed by atoms with Crippen LogP contribution in [-0.2, 0) is 5.41 Å². The highest BCUT2D eigenvalue weighted by Gasteiger charge is 2.40. The zero-order valence-electron chi connectivity index (χ0n) is 9.47. The van der Waals surface area contributed by atoms with Crippen LogP contribution < -0.4 is 0 Å². The number of phenolic OH excluding ortho intramolecular Hbond substituents is 1. The number of phenols is 1. The number of benzene rings is 1. The summed E-state index contributed by atoms with van der Waals surface area (Å²) in [5.74, 6) is 0.782. The molecule has 0 bridgehead atoms. The van der Waals surface area contributed by atoms with Crippen LogP contribution in [0.4, 0.5) is 0 Å². The van der Waals surface area contributed by atoms with Crippen molar-refractivity contribution in [2.45, 2.75) is 44.9 Å². The second-order valence-electron chi connectivity index (χ2n) is 5.11. The lowest BCUT2D eigenvalue weighted by Gasteiger charge is -2.16. The molecule has 0 heterocycles. The lowest BCUT2D eigenvalue weighted by atomic mass is 9.92. The first-order valence-corrected chi connectivity index (χ1v) is 6.26. The summed E-state index contributed by atoms with van der Waals surface area (Å²) in [6.07, 6.45) is 2.52. The van der Waals surface area contributed by atoms with E-state index in [1.807, 2.05) is 6.07 Å². The molecule has 0 atom stereocenters. The smallest absolute Gasteiger partial charge is 0.120 e. The van der Waals surface area contributed by atoms with Gasteiger partial charge in [0.2, 0.25) is 0 Å². The van der Waals surface area contributed by atoms with E-state index in [0.29, 0.717) is 17.1 Å². The van der Waals surface area contributed by atoms with Crippen molar-refractivity contribution in [2.24, 2.45) is 0 Å². The molecule has 0 amide bonds. The molecule has 1 aliphatic carbocycles. The van der Waals surface area contributed by atoms with E-state index in [9.17, 15) is 5.11 Å². The summed E-state index contributed by atoms with van der Waals surface area (Å²) < 4.78 is 1.05. The molecule has 1 aromatic carbocycles. The minimum Gasteiger partial charge on any atom is -0.508 e. The van der Waals surface area contributed by atoms with Crippen LogP contribution in [-0.4, -0.2) is 5.11 Å². The molecule has 1 saturated carbocycles. The summed E-state index contributed by atoms with van der Waals surface area (Å²) in [6, 6.07) is 4.01. The third kappa shape index (κ3) is 1.92. The van der Waals surface area contributed by atoms with Crippen molar-refractivity contribution in [3.63, 3.8) is 0 Å². The highest BCUT2D eigenvalue weighted by atomic mass is 79.9. The molecule has 1 fully saturated rings. The Morgan fingerprint density at radius 2 is 1.93 bits per heavy atom. The third-order valence-corrected chi connectivity index (χ3v) is 4.04. The highest BCUT2D eigenvalue weighted by Crippen LogP contribution is 2.51. The number of halogens is 1. The van der Waals surface area contributed by atoms with Crippen LogP contribution >= 0.6 is 15.9 Å². The fourth-order valence-corrected chi connectivity index (χ4v) is 2.77. The van der Waals surface area contributed by atoms with Gasteiger partial charge in [-0.05, 0) is 41.4 Å². The van der Waals surface area contributed by atoms with E-state index in [0.717, 1.165) is 10.0 Å². The van der Waals surface area contributed by atoms with Crippen molar-refractivity contribution in [2.75, 3.05) is 0 Å². The SMILES string of the molecule is CC(C)c1cc(C2(C)CC2)c(Br)cc1O. The summed E-state index contributed by atoms with van der Waals surface area (Å²) in [7, 11) is 0. The molecule has 2 rings (SSSR count). The monoisotopic (exact) mass is 268 g/mol. The molecule has 0 unspecified atom stereocenters. The van der Waals surface area contributed by atoms with E-state index in [1.165, 1.54) is 18.4 Å². The maximum atomic E-state index is 9.84. The van der Waals surface area contributed by atoms with E-state index in [2.05, 4.69) is 42.8 Å². The van der Waals surface area contributed by atoms with Gasteiger partial charge < -0.3 is 5.11 Å². The lowest BCUT2D eigenvalue weighted by Crippen LogP contribution is -2.03. The Hall–Kier alpha value is -0.500. The molecule has 0 saturated heterocycles.